The van der Waals surface area contributed by atoms with Crippen LogP contribution in [0.5, 0.6) is 5.75 Å². The maximum absolute atomic E-state index is 13.0. The Balaban J connectivity index is 1.63. The highest BCUT2D eigenvalue weighted by Crippen LogP contribution is 2.39. The Morgan fingerprint density at radius 3 is 2.64 bits per heavy atom. The van der Waals surface area contributed by atoms with Crippen LogP contribution in [-0.2, 0) is 17.2 Å². The van der Waals surface area contributed by atoms with Crippen LogP contribution in [0.15, 0.2) is 17.0 Å². The van der Waals surface area contributed by atoms with Crippen molar-refractivity contribution in [1.29, 1.82) is 0 Å². The zero-order chi connectivity index (χ0) is 17.8. The van der Waals surface area contributed by atoms with Crippen molar-refractivity contribution in [3.05, 3.63) is 23.3 Å². The standard InChI is InChI=1S/C19H26N2O3S/c1-19(2)10-13-8-14(25(3)23)9-15(17(13)24-19)18(22)20-16-11-21-6-4-12(16)5-7-21/h8-9,12,16H,4-7,10-11H2,1-3H3,(H,20,22). The summed E-state index contributed by atoms with van der Waals surface area (Å²) >= 11 is 0. The van der Waals surface area contributed by atoms with Crippen molar-refractivity contribution in [2.24, 2.45) is 5.92 Å². The quantitative estimate of drug-likeness (QED) is 0.893. The molecular formula is C19H26N2O3S. The van der Waals surface area contributed by atoms with Gasteiger partial charge in [-0.3, -0.25) is 9.00 Å². The van der Waals surface area contributed by atoms with Gasteiger partial charge in [0.25, 0.3) is 5.91 Å². The molecule has 1 amide bonds. The lowest BCUT2D eigenvalue weighted by atomic mass is 9.84. The Bertz CT molecular complexity index is 738. The van der Waals surface area contributed by atoms with Crippen molar-refractivity contribution in [2.75, 3.05) is 25.9 Å². The summed E-state index contributed by atoms with van der Waals surface area (Å²) in [4.78, 5) is 16.1. The molecule has 2 unspecified atom stereocenters. The van der Waals surface area contributed by atoms with E-state index in [1.165, 1.54) is 0 Å². The Morgan fingerprint density at radius 1 is 1.32 bits per heavy atom. The van der Waals surface area contributed by atoms with Crippen LogP contribution < -0.4 is 10.1 Å². The van der Waals surface area contributed by atoms with Crippen molar-refractivity contribution >= 4 is 16.7 Å². The van der Waals surface area contributed by atoms with Gasteiger partial charge in [-0.1, -0.05) is 0 Å². The third kappa shape index (κ3) is 3.22. The minimum absolute atomic E-state index is 0.0972. The molecule has 1 aromatic carbocycles. The van der Waals surface area contributed by atoms with Gasteiger partial charge >= 0.3 is 0 Å². The second kappa shape index (κ2) is 6.09. The molecule has 5 rings (SSSR count). The summed E-state index contributed by atoms with van der Waals surface area (Å²) in [5.74, 6) is 1.14. The number of ether oxygens (including phenoxy) is 1. The second-order valence-electron chi connectivity index (χ2n) is 8.17. The van der Waals surface area contributed by atoms with Gasteiger partial charge in [-0.25, -0.2) is 0 Å². The molecule has 2 atom stereocenters. The van der Waals surface area contributed by atoms with E-state index in [-0.39, 0.29) is 17.6 Å². The van der Waals surface area contributed by atoms with E-state index in [4.69, 9.17) is 4.74 Å². The summed E-state index contributed by atoms with van der Waals surface area (Å²) in [5.41, 5.74) is 1.18. The average Bonchev–Trinajstić information content (AvgIpc) is 2.88. The molecule has 6 heteroatoms. The Kier molecular flexibility index (Phi) is 4.15. The molecule has 0 spiro atoms. The van der Waals surface area contributed by atoms with Gasteiger partial charge in [0.05, 0.1) is 5.56 Å². The number of hydrogen-bond donors (Lipinski definition) is 1. The lowest BCUT2D eigenvalue weighted by Gasteiger charge is -2.44. The predicted molar refractivity (Wildman–Crippen MR) is 97.6 cm³/mol. The lowest BCUT2D eigenvalue weighted by molar-refractivity contribution is 0.0616. The fourth-order valence-corrected chi connectivity index (χ4v) is 4.98. The molecule has 25 heavy (non-hydrogen) atoms. The smallest absolute Gasteiger partial charge is 0.255 e. The highest BCUT2D eigenvalue weighted by Gasteiger charge is 2.37. The van der Waals surface area contributed by atoms with Gasteiger partial charge in [-0.2, -0.15) is 0 Å². The summed E-state index contributed by atoms with van der Waals surface area (Å²) in [7, 11) is -1.12. The van der Waals surface area contributed by atoms with E-state index in [2.05, 4.69) is 10.2 Å². The van der Waals surface area contributed by atoms with Gasteiger partial charge in [0.2, 0.25) is 0 Å². The van der Waals surface area contributed by atoms with Gasteiger partial charge in [0, 0.05) is 46.5 Å². The molecule has 1 N–H and O–H groups in total. The van der Waals surface area contributed by atoms with Crippen LogP contribution in [0.2, 0.25) is 0 Å². The number of hydrogen-bond acceptors (Lipinski definition) is 4. The SMILES string of the molecule is CS(=O)c1cc2c(c(C(=O)NC3CN4CCC3CC4)c1)OC(C)(C)C2. The normalized spacial score (nSPS) is 30.4. The van der Waals surface area contributed by atoms with E-state index < -0.39 is 10.8 Å². The summed E-state index contributed by atoms with van der Waals surface area (Å²) in [6, 6.07) is 3.87. The minimum atomic E-state index is -1.12. The summed E-state index contributed by atoms with van der Waals surface area (Å²) < 4.78 is 18.1. The first-order valence-electron chi connectivity index (χ1n) is 9.05. The molecule has 3 saturated heterocycles. The fourth-order valence-electron chi connectivity index (χ4n) is 4.39. The third-order valence-electron chi connectivity index (χ3n) is 5.68. The summed E-state index contributed by atoms with van der Waals surface area (Å²) in [6.45, 7) is 7.27. The van der Waals surface area contributed by atoms with Crippen LogP contribution in [0, 0.1) is 5.92 Å². The zero-order valence-corrected chi connectivity index (χ0v) is 15.9. The molecule has 4 heterocycles. The number of fused-ring (bicyclic) bond motifs is 4. The van der Waals surface area contributed by atoms with Crippen molar-refractivity contribution in [1.82, 2.24) is 10.2 Å². The molecule has 0 aromatic heterocycles. The first-order valence-corrected chi connectivity index (χ1v) is 10.6. The monoisotopic (exact) mass is 362 g/mol. The van der Waals surface area contributed by atoms with Crippen molar-refractivity contribution in [2.45, 2.75) is 49.6 Å². The largest absolute Gasteiger partial charge is 0.486 e. The molecule has 0 saturated carbocycles. The van der Waals surface area contributed by atoms with Crippen LogP contribution in [0.3, 0.4) is 0 Å². The number of carbonyl (C=O) groups is 1. The summed E-state index contributed by atoms with van der Waals surface area (Å²) in [6.07, 6.45) is 4.70. The topological polar surface area (TPSA) is 58.6 Å². The number of amides is 1. The maximum atomic E-state index is 13.0. The van der Waals surface area contributed by atoms with Crippen LogP contribution in [0.1, 0.15) is 42.6 Å². The first kappa shape index (κ1) is 17.0. The Labute approximate surface area is 151 Å². The van der Waals surface area contributed by atoms with Crippen molar-refractivity contribution in [3.63, 3.8) is 0 Å². The van der Waals surface area contributed by atoms with Gasteiger partial charge in [0.1, 0.15) is 11.4 Å². The number of piperidine rings is 3. The van der Waals surface area contributed by atoms with Crippen LogP contribution >= 0.6 is 0 Å². The Morgan fingerprint density at radius 2 is 2.04 bits per heavy atom. The number of carbonyl (C=O) groups excluding carboxylic acids is 1. The van der Waals surface area contributed by atoms with E-state index in [0.717, 1.165) is 44.5 Å². The third-order valence-corrected chi connectivity index (χ3v) is 6.58. The van der Waals surface area contributed by atoms with E-state index in [1.807, 2.05) is 19.9 Å². The number of nitrogens with one attached hydrogen (secondary N) is 1. The molecule has 4 aliphatic rings. The van der Waals surface area contributed by atoms with E-state index in [1.54, 1.807) is 12.3 Å². The highest BCUT2D eigenvalue weighted by molar-refractivity contribution is 7.84. The van der Waals surface area contributed by atoms with Gasteiger partial charge in [-0.15, -0.1) is 0 Å². The maximum Gasteiger partial charge on any atom is 0.255 e. The number of benzene rings is 1. The lowest BCUT2D eigenvalue weighted by Crippen LogP contribution is -2.57. The van der Waals surface area contributed by atoms with Crippen LogP contribution in [0.4, 0.5) is 0 Å². The summed E-state index contributed by atoms with van der Waals surface area (Å²) in [5, 5.41) is 3.23. The van der Waals surface area contributed by atoms with Gasteiger partial charge < -0.3 is 15.0 Å². The molecule has 136 valence electrons. The molecule has 5 nitrogen and oxygen atoms in total. The second-order valence-corrected chi connectivity index (χ2v) is 9.55. The van der Waals surface area contributed by atoms with Crippen LogP contribution in [-0.4, -0.2) is 52.5 Å². The minimum Gasteiger partial charge on any atom is -0.486 e. The van der Waals surface area contributed by atoms with Gasteiger partial charge in [-0.05, 0) is 57.8 Å². The Hall–Kier alpha value is -1.40. The molecule has 2 bridgehead atoms. The predicted octanol–water partition coefficient (Wildman–Crippen LogP) is 1.96. The van der Waals surface area contributed by atoms with Crippen molar-refractivity contribution < 1.29 is 13.7 Å². The van der Waals surface area contributed by atoms with E-state index >= 15 is 0 Å². The molecule has 3 fully saturated rings. The van der Waals surface area contributed by atoms with Crippen molar-refractivity contribution in [3.8, 4) is 5.75 Å². The van der Waals surface area contributed by atoms with Crippen LogP contribution in [0.25, 0.3) is 0 Å². The molecular weight excluding hydrogens is 336 g/mol. The highest BCUT2D eigenvalue weighted by atomic mass is 32.2. The molecule has 1 aromatic rings. The number of nitrogens with zero attached hydrogens (tertiary/aromatic N) is 1. The average molecular weight is 362 g/mol. The number of rotatable bonds is 3. The molecule has 4 aliphatic heterocycles. The molecule has 0 radical (unpaired) electrons. The zero-order valence-electron chi connectivity index (χ0n) is 15.1. The van der Waals surface area contributed by atoms with Gasteiger partial charge in [0.15, 0.2) is 0 Å². The fraction of sp³-hybridized carbons (Fsp3) is 0.632. The van der Waals surface area contributed by atoms with E-state index in [9.17, 15) is 9.00 Å². The van der Waals surface area contributed by atoms with E-state index in [0.29, 0.717) is 22.1 Å². The molecule has 0 aliphatic carbocycles. The first-order chi connectivity index (χ1) is 11.8.